The van der Waals surface area contributed by atoms with Crippen LogP contribution >= 0.6 is 0 Å². The Hall–Kier alpha value is -1.55. The third-order valence-corrected chi connectivity index (χ3v) is 3.74. The highest BCUT2D eigenvalue weighted by Crippen LogP contribution is 2.21. The third kappa shape index (κ3) is 3.12. The summed E-state index contributed by atoms with van der Waals surface area (Å²) >= 11 is 0. The van der Waals surface area contributed by atoms with Gasteiger partial charge in [0.15, 0.2) is 0 Å². The molecule has 0 aliphatic carbocycles. The molecule has 2 saturated heterocycles. The minimum atomic E-state index is 0.134. The lowest BCUT2D eigenvalue weighted by atomic mass is 10.1. The van der Waals surface area contributed by atoms with Crippen molar-refractivity contribution in [3.63, 3.8) is 0 Å². The molecule has 1 aromatic rings. The van der Waals surface area contributed by atoms with E-state index in [2.05, 4.69) is 36.1 Å². The van der Waals surface area contributed by atoms with Gasteiger partial charge in [-0.2, -0.15) is 0 Å². The van der Waals surface area contributed by atoms with E-state index in [4.69, 9.17) is 4.74 Å². The summed E-state index contributed by atoms with van der Waals surface area (Å²) in [5.41, 5.74) is 2.51. The van der Waals surface area contributed by atoms with Crippen molar-refractivity contribution >= 4 is 11.6 Å². The summed E-state index contributed by atoms with van der Waals surface area (Å²) in [5, 5.41) is 0. The van der Waals surface area contributed by atoms with E-state index in [1.165, 1.54) is 11.3 Å². The fraction of sp³-hybridized carbons (Fsp3) is 0.562. The number of amides is 1. The van der Waals surface area contributed by atoms with Crippen molar-refractivity contribution in [3.8, 4) is 0 Å². The molecule has 0 bridgehead atoms. The molecule has 3 rings (SSSR count). The van der Waals surface area contributed by atoms with Crippen LogP contribution in [0.25, 0.3) is 0 Å². The van der Waals surface area contributed by atoms with E-state index in [0.717, 1.165) is 19.6 Å². The topological polar surface area (TPSA) is 32.8 Å². The maximum Gasteiger partial charge on any atom is 0.249 e. The number of rotatable bonds is 1. The summed E-state index contributed by atoms with van der Waals surface area (Å²) in [6, 6.07) is 8.77. The maximum absolute atomic E-state index is 11.7. The van der Waals surface area contributed by atoms with Crippen molar-refractivity contribution in [2.24, 2.45) is 0 Å². The van der Waals surface area contributed by atoms with Crippen molar-refractivity contribution in [2.75, 3.05) is 37.7 Å². The van der Waals surface area contributed by atoms with E-state index >= 15 is 0 Å². The first kappa shape index (κ1) is 14.9. The van der Waals surface area contributed by atoms with E-state index in [9.17, 15) is 4.79 Å². The molecule has 1 aromatic carbocycles. The van der Waals surface area contributed by atoms with Crippen LogP contribution in [0.4, 0.5) is 5.69 Å². The monoisotopic (exact) mass is 276 g/mol. The van der Waals surface area contributed by atoms with Crippen LogP contribution < -0.4 is 4.90 Å². The van der Waals surface area contributed by atoms with Gasteiger partial charge in [-0.1, -0.05) is 31.5 Å². The fourth-order valence-electron chi connectivity index (χ4n) is 2.68. The number of ether oxygens (including phenoxy) is 1. The molecular formula is C16H24N2O2. The number of piperazine rings is 1. The highest BCUT2D eigenvalue weighted by atomic mass is 16.5. The van der Waals surface area contributed by atoms with Crippen molar-refractivity contribution in [1.82, 2.24) is 4.90 Å². The van der Waals surface area contributed by atoms with E-state index in [1.807, 2.05) is 18.7 Å². The zero-order valence-corrected chi connectivity index (χ0v) is 12.6. The largest absolute Gasteiger partial charge is 0.369 e. The molecule has 2 fully saturated rings. The average molecular weight is 276 g/mol. The first-order chi connectivity index (χ1) is 9.74. The van der Waals surface area contributed by atoms with E-state index in [-0.39, 0.29) is 18.6 Å². The molecule has 0 saturated carbocycles. The van der Waals surface area contributed by atoms with Gasteiger partial charge in [-0.15, -0.1) is 0 Å². The number of fused-ring (bicyclic) bond motifs is 1. The molecule has 0 radical (unpaired) electrons. The van der Waals surface area contributed by atoms with Crippen LogP contribution in [-0.2, 0) is 9.53 Å². The molecule has 0 aromatic heterocycles. The lowest BCUT2D eigenvalue weighted by Crippen LogP contribution is -2.60. The molecule has 1 unspecified atom stereocenters. The first-order valence-corrected chi connectivity index (χ1v) is 7.43. The summed E-state index contributed by atoms with van der Waals surface area (Å²) in [6.07, 6.45) is 0. The molecule has 2 aliphatic heterocycles. The lowest BCUT2D eigenvalue weighted by molar-refractivity contribution is -0.148. The van der Waals surface area contributed by atoms with Gasteiger partial charge in [0.25, 0.3) is 0 Å². The van der Waals surface area contributed by atoms with Gasteiger partial charge in [-0.05, 0) is 19.1 Å². The van der Waals surface area contributed by atoms with Gasteiger partial charge >= 0.3 is 0 Å². The Bertz CT molecular complexity index is 444. The molecule has 2 aliphatic rings. The molecule has 0 N–H and O–H groups in total. The number of hydrogen-bond acceptors (Lipinski definition) is 3. The summed E-state index contributed by atoms with van der Waals surface area (Å²) in [5.74, 6) is 0.134. The summed E-state index contributed by atoms with van der Waals surface area (Å²) in [4.78, 5) is 16.0. The first-order valence-electron chi connectivity index (χ1n) is 7.43. The van der Waals surface area contributed by atoms with Gasteiger partial charge in [0, 0.05) is 25.3 Å². The zero-order valence-electron chi connectivity index (χ0n) is 12.6. The smallest absolute Gasteiger partial charge is 0.249 e. The van der Waals surface area contributed by atoms with Crippen molar-refractivity contribution in [1.29, 1.82) is 0 Å². The minimum Gasteiger partial charge on any atom is -0.369 e. The molecule has 1 atom stereocenters. The molecule has 2 heterocycles. The quantitative estimate of drug-likeness (QED) is 0.787. The highest BCUT2D eigenvalue weighted by Gasteiger charge is 2.33. The average Bonchev–Trinajstić information content (AvgIpc) is 2.50. The molecule has 20 heavy (non-hydrogen) atoms. The molecule has 0 spiro atoms. The number of aryl methyl sites for hydroxylation is 1. The Kier molecular flexibility index (Phi) is 5.01. The number of morpholine rings is 1. The Balaban J connectivity index is 0.000000704. The predicted molar refractivity (Wildman–Crippen MR) is 81.1 cm³/mol. The van der Waals surface area contributed by atoms with Crippen LogP contribution in [0.5, 0.6) is 0 Å². The van der Waals surface area contributed by atoms with Crippen LogP contribution in [0.1, 0.15) is 19.4 Å². The second kappa shape index (κ2) is 6.75. The second-order valence-corrected chi connectivity index (χ2v) is 5.04. The molecular weight excluding hydrogens is 252 g/mol. The standard InChI is InChI=1S/C14H18N2O2.C2H6/c1-11-2-4-12(5-3-11)15-6-7-16-13(8-15)9-18-10-14(16)17;1-2/h2-5,13H,6-10H2,1H3;1-2H3. The third-order valence-electron chi connectivity index (χ3n) is 3.74. The van der Waals surface area contributed by atoms with Crippen LogP contribution in [-0.4, -0.2) is 49.7 Å². The van der Waals surface area contributed by atoms with Gasteiger partial charge in [-0.3, -0.25) is 4.79 Å². The SMILES string of the molecule is CC.Cc1ccc(N2CCN3C(=O)COCC3C2)cc1. The predicted octanol–water partition coefficient (Wildman–Crippen LogP) is 2.07. The van der Waals surface area contributed by atoms with E-state index in [0.29, 0.717) is 6.61 Å². The van der Waals surface area contributed by atoms with Crippen LogP contribution in [0.3, 0.4) is 0 Å². The van der Waals surface area contributed by atoms with Gasteiger partial charge in [-0.25, -0.2) is 0 Å². The second-order valence-electron chi connectivity index (χ2n) is 5.04. The van der Waals surface area contributed by atoms with Crippen LogP contribution in [0.2, 0.25) is 0 Å². The molecule has 4 nitrogen and oxygen atoms in total. The van der Waals surface area contributed by atoms with Gasteiger partial charge in [0.1, 0.15) is 6.61 Å². The van der Waals surface area contributed by atoms with E-state index in [1.54, 1.807) is 0 Å². The van der Waals surface area contributed by atoms with Crippen molar-refractivity contribution in [3.05, 3.63) is 29.8 Å². The normalized spacial score (nSPS) is 21.9. The fourth-order valence-corrected chi connectivity index (χ4v) is 2.68. The van der Waals surface area contributed by atoms with Gasteiger partial charge in [0.05, 0.1) is 12.6 Å². The van der Waals surface area contributed by atoms with E-state index < -0.39 is 0 Å². The van der Waals surface area contributed by atoms with Crippen LogP contribution in [0, 0.1) is 6.92 Å². The van der Waals surface area contributed by atoms with Crippen molar-refractivity contribution < 1.29 is 9.53 Å². The molecule has 110 valence electrons. The Morgan fingerprint density at radius 2 is 1.85 bits per heavy atom. The summed E-state index contributed by atoms with van der Waals surface area (Å²) in [7, 11) is 0. The Morgan fingerprint density at radius 3 is 2.55 bits per heavy atom. The number of anilines is 1. The number of carbonyl (C=O) groups excluding carboxylic acids is 1. The number of nitrogens with zero attached hydrogens (tertiary/aromatic N) is 2. The Labute approximate surface area is 121 Å². The Morgan fingerprint density at radius 1 is 1.15 bits per heavy atom. The van der Waals surface area contributed by atoms with Gasteiger partial charge < -0.3 is 14.5 Å². The summed E-state index contributed by atoms with van der Waals surface area (Å²) in [6.45, 7) is 9.59. The van der Waals surface area contributed by atoms with Crippen LogP contribution in [0.15, 0.2) is 24.3 Å². The van der Waals surface area contributed by atoms with Crippen molar-refractivity contribution in [2.45, 2.75) is 26.8 Å². The zero-order chi connectivity index (χ0) is 14.5. The minimum absolute atomic E-state index is 0.134. The summed E-state index contributed by atoms with van der Waals surface area (Å²) < 4.78 is 5.34. The maximum atomic E-state index is 11.7. The number of hydrogen-bond donors (Lipinski definition) is 0. The molecule has 1 amide bonds. The highest BCUT2D eigenvalue weighted by molar-refractivity contribution is 5.78. The lowest BCUT2D eigenvalue weighted by Gasteiger charge is -2.44. The number of carbonyl (C=O) groups is 1. The van der Waals surface area contributed by atoms with Gasteiger partial charge in [0.2, 0.25) is 5.91 Å². The molecule has 4 heteroatoms. The number of benzene rings is 1.